The molecule has 3 N–H and O–H groups in total. The van der Waals surface area contributed by atoms with Gasteiger partial charge in [0.1, 0.15) is 37.2 Å². The largest absolute Gasteiger partial charge is 0.471 e. The van der Waals surface area contributed by atoms with Gasteiger partial charge in [0.05, 0.1) is 12.7 Å². The second-order valence-corrected chi connectivity index (χ2v) is 11.2. The van der Waals surface area contributed by atoms with Crippen LogP contribution in [0.3, 0.4) is 0 Å². The van der Waals surface area contributed by atoms with Gasteiger partial charge in [-0.2, -0.15) is 13.2 Å². The van der Waals surface area contributed by atoms with Crippen LogP contribution in [0.5, 0.6) is 0 Å². The molecular formula is C21H28F3N3O8S2. The second-order valence-electron chi connectivity index (χ2n) is 8.28. The molecule has 0 spiro atoms. The molecule has 0 unspecified atom stereocenters. The van der Waals surface area contributed by atoms with E-state index in [2.05, 4.69) is 16.8 Å². The molecule has 2 rings (SSSR count). The third-order valence-electron chi connectivity index (χ3n) is 4.78. The SMILES string of the molecule is COCO[C@@H]1C[C@H](n2cc(C#CCOCSSC(C)(C)CNC(=O)C(F)(F)F)c(=O)[nH]c2=O)O[C@@H]1CO. The number of hydrogen-bond acceptors (Lipinski definition) is 10. The van der Waals surface area contributed by atoms with Crippen molar-refractivity contribution in [3.63, 3.8) is 0 Å². The molecule has 1 aliphatic rings. The summed E-state index contributed by atoms with van der Waals surface area (Å²) in [5.74, 6) is 3.43. The number of carbonyl (C=O) groups excluding carboxylic acids is 1. The standard InChI is InChI=1S/C21H28F3N3O8S2/c1-20(2,10-25-18(30)21(22,23)24)37-36-12-33-6-4-5-13-8-27(19(31)26-17(13)29)16-7-14(34-11-32-3)15(9-28)35-16/h8,14-16,28H,6-7,9-12H2,1-3H3,(H,25,30)(H,26,29,31)/t14-,15-,16-/m1/s1. The minimum atomic E-state index is -4.93. The maximum absolute atomic E-state index is 12.3. The number of methoxy groups -OCH3 is 1. The first-order chi connectivity index (χ1) is 17.4. The molecule has 1 fully saturated rings. The average Bonchev–Trinajstić information content (AvgIpc) is 3.24. The van der Waals surface area contributed by atoms with Gasteiger partial charge in [0, 0.05) is 31.0 Å². The number of carbonyl (C=O) groups is 1. The lowest BCUT2D eigenvalue weighted by Gasteiger charge is -2.23. The minimum absolute atomic E-state index is 0.00261. The monoisotopic (exact) mass is 571 g/mol. The molecule has 208 valence electrons. The summed E-state index contributed by atoms with van der Waals surface area (Å²) in [6, 6.07) is 0. The molecule has 37 heavy (non-hydrogen) atoms. The molecule has 2 heterocycles. The van der Waals surface area contributed by atoms with Crippen LogP contribution in [-0.2, 0) is 23.7 Å². The Morgan fingerprint density at radius 1 is 1.38 bits per heavy atom. The van der Waals surface area contributed by atoms with Crippen LogP contribution in [0, 0.1) is 11.8 Å². The fourth-order valence-electron chi connectivity index (χ4n) is 3.02. The highest BCUT2D eigenvalue weighted by Gasteiger charge is 2.39. The van der Waals surface area contributed by atoms with Gasteiger partial charge in [-0.3, -0.25) is 19.1 Å². The van der Waals surface area contributed by atoms with E-state index in [0.717, 1.165) is 4.57 Å². The number of H-pyrrole nitrogens is 1. The number of alkyl halides is 3. The van der Waals surface area contributed by atoms with Crippen molar-refractivity contribution in [3.8, 4) is 11.8 Å². The van der Waals surface area contributed by atoms with E-state index in [1.54, 1.807) is 13.8 Å². The highest BCUT2D eigenvalue weighted by Crippen LogP contribution is 2.35. The van der Waals surface area contributed by atoms with Crippen molar-refractivity contribution in [3.05, 3.63) is 32.6 Å². The number of hydrogen-bond donors (Lipinski definition) is 3. The van der Waals surface area contributed by atoms with Crippen LogP contribution >= 0.6 is 21.6 Å². The predicted molar refractivity (Wildman–Crippen MR) is 130 cm³/mol. The molecule has 0 aromatic carbocycles. The maximum atomic E-state index is 12.3. The summed E-state index contributed by atoms with van der Waals surface area (Å²) in [4.78, 5) is 37.5. The Hall–Kier alpha value is -2.00. The molecule has 1 aliphatic heterocycles. The zero-order valence-corrected chi connectivity index (χ0v) is 21.9. The van der Waals surface area contributed by atoms with Gasteiger partial charge in [-0.1, -0.05) is 33.4 Å². The van der Waals surface area contributed by atoms with E-state index < -0.39 is 46.5 Å². The quantitative estimate of drug-likeness (QED) is 0.144. The smallest absolute Gasteiger partial charge is 0.394 e. The molecule has 1 aromatic heterocycles. The molecule has 0 radical (unpaired) electrons. The van der Waals surface area contributed by atoms with Crippen LogP contribution in [0.1, 0.15) is 32.1 Å². The van der Waals surface area contributed by atoms with Gasteiger partial charge in [0.15, 0.2) is 0 Å². The molecule has 3 atom stereocenters. The third-order valence-corrected chi connectivity index (χ3v) is 7.76. The van der Waals surface area contributed by atoms with E-state index >= 15 is 0 Å². The number of nitrogens with zero attached hydrogens (tertiary/aromatic N) is 1. The summed E-state index contributed by atoms with van der Waals surface area (Å²) < 4.78 is 58.7. The van der Waals surface area contributed by atoms with E-state index in [1.807, 2.05) is 5.32 Å². The molecule has 1 amide bonds. The van der Waals surface area contributed by atoms with E-state index in [0.29, 0.717) is 0 Å². The average molecular weight is 572 g/mol. The number of amides is 1. The number of ether oxygens (including phenoxy) is 4. The lowest BCUT2D eigenvalue weighted by molar-refractivity contribution is -0.173. The fraction of sp³-hybridized carbons (Fsp3) is 0.667. The van der Waals surface area contributed by atoms with Crippen molar-refractivity contribution in [2.24, 2.45) is 0 Å². The van der Waals surface area contributed by atoms with Crippen molar-refractivity contribution in [1.82, 2.24) is 14.9 Å². The molecule has 16 heteroatoms. The van der Waals surface area contributed by atoms with Gasteiger partial charge in [0.25, 0.3) is 5.56 Å². The molecule has 11 nitrogen and oxygen atoms in total. The van der Waals surface area contributed by atoms with Crippen LogP contribution < -0.4 is 16.6 Å². The Balaban J connectivity index is 1.87. The van der Waals surface area contributed by atoms with Crippen molar-refractivity contribution < 1.29 is 42.0 Å². The highest BCUT2D eigenvalue weighted by molar-refractivity contribution is 8.77. The summed E-state index contributed by atoms with van der Waals surface area (Å²) in [7, 11) is 3.90. The van der Waals surface area contributed by atoms with Crippen LogP contribution in [0.15, 0.2) is 15.8 Å². The van der Waals surface area contributed by atoms with Crippen LogP contribution in [0.25, 0.3) is 0 Å². The van der Waals surface area contributed by atoms with Crippen molar-refractivity contribution in [1.29, 1.82) is 0 Å². The number of halogens is 3. The van der Waals surface area contributed by atoms with E-state index in [-0.39, 0.29) is 44.5 Å². The lowest BCUT2D eigenvalue weighted by atomic mass is 10.2. The van der Waals surface area contributed by atoms with Crippen molar-refractivity contribution in [2.45, 2.75) is 49.6 Å². The number of aromatic amines is 1. The normalized spacial score (nSPS) is 19.9. The molecule has 1 aromatic rings. The first kappa shape index (κ1) is 31.2. The van der Waals surface area contributed by atoms with E-state index in [9.17, 15) is 32.7 Å². The highest BCUT2D eigenvalue weighted by atomic mass is 33.1. The third kappa shape index (κ3) is 10.0. The number of rotatable bonds is 12. The zero-order valence-electron chi connectivity index (χ0n) is 20.3. The summed E-state index contributed by atoms with van der Waals surface area (Å²) in [6.45, 7) is 2.75. The topological polar surface area (TPSA) is 141 Å². The second kappa shape index (κ2) is 14.2. The number of aromatic nitrogens is 2. The van der Waals surface area contributed by atoms with Gasteiger partial charge < -0.3 is 29.4 Å². The van der Waals surface area contributed by atoms with Gasteiger partial charge >= 0.3 is 17.8 Å². The van der Waals surface area contributed by atoms with E-state index in [1.165, 1.54) is 34.9 Å². The fourth-order valence-corrected chi connectivity index (χ4v) is 5.15. The lowest BCUT2D eigenvalue weighted by Crippen LogP contribution is -2.42. The van der Waals surface area contributed by atoms with Crippen LogP contribution in [0.4, 0.5) is 13.2 Å². The molecule has 0 bridgehead atoms. The molecule has 0 saturated carbocycles. The Morgan fingerprint density at radius 3 is 2.76 bits per heavy atom. The van der Waals surface area contributed by atoms with Crippen molar-refractivity contribution in [2.75, 3.05) is 39.6 Å². The van der Waals surface area contributed by atoms with E-state index in [4.69, 9.17) is 18.9 Å². The number of aliphatic hydroxyl groups excluding tert-OH is 1. The summed E-state index contributed by atoms with van der Waals surface area (Å²) in [5.41, 5.74) is -1.40. The predicted octanol–water partition coefficient (Wildman–Crippen LogP) is 0.970. The summed E-state index contributed by atoms with van der Waals surface area (Å²) >= 11 is 0. The van der Waals surface area contributed by atoms with Gasteiger partial charge in [-0.15, -0.1) is 0 Å². The minimum Gasteiger partial charge on any atom is -0.394 e. The Kier molecular flexibility index (Phi) is 12.0. The maximum Gasteiger partial charge on any atom is 0.471 e. The Labute approximate surface area is 218 Å². The Morgan fingerprint density at radius 2 is 2.11 bits per heavy atom. The summed E-state index contributed by atoms with van der Waals surface area (Å²) in [5, 5.41) is 11.3. The molecule has 1 saturated heterocycles. The van der Waals surface area contributed by atoms with Gasteiger partial charge in [-0.05, 0) is 13.8 Å². The van der Waals surface area contributed by atoms with Gasteiger partial charge in [-0.25, -0.2) is 4.79 Å². The van der Waals surface area contributed by atoms with Crippen LogP contribution in [0.2, 0.25) is 0 Å². The Bertz CT molecular complexity index is 1080. The number of aliphatic hydroxyl groups is 1. The van der Waals surface area contributed by atoms with Crippen LogP contribution in [-0.4, -0.2) is 83.3 Å². The van der Waals surface area contributed by atoms with Gasteiger partial charge in [0.2, 0.25) is 0 Å². The molecular weight excluding hydrogens is 543 g/mol. The first-order valence-corrected chi connectivity index (χ1v) is 13.1. The van der Waals surface area contributed by atoms with Crippen molar-refractivity contribution >= 4 is 27.5 Å². The number of nitrogens with one attached hydrogen (secondary N) is 2. The first-order valence-electron chi connectivity index (χ1n) is 10.8. The zero-order chi connectivity index (χ0) is 27.6. The molecule has 0 aliphatic carbocycles. The summed E-state index contributed by atoms with van der Waals surface area (Å²) in [6.07, 6.45) is -5.42.